The van der Waals surface area contributed by atoms with E-state index >= 15 is 0 Å². The molecule has 134 valence electrons. The maximum atomic E-state index is 12.3. The van der Waals surface area contributed by atoms with Crippen LogP contribution in [0.15, 0.2) is 18.2 Å². The second-order valence-corrected chi connectivity index (χ2v) is 6.33. The number of fused-ring (bicyclic) bond motifs is 1. The van der Waals surface area contributed by atoms with E-state index in [9.17, 15) is 13.6 Å². The highest BCUT2D eigenvalue weighted by Crippen LogP contribution is 2.32. The number of ether oxygens (including phenoxy) is 1. The molecule has 0 saturated heterocycles. The number of carbonyl (C=O) groups is 1. The highest BCUT2D eigenvalue weighted by atomic mass is 35.5. The molecule has 2 aliphatic rings. The molecule has 1 atom stereocenters. The SMILES string of the molecule is Cl.O=C(CNCC1CC1)NC1CCCc2cc(OC(F)F)ccc21. The zero-order chi connectivity index (χ0) is 16.2. The Morgan fingerprint density at radius 2 is 2.08 bits per heavy atom. The number of hydrogen-bond donors (Lipinski definition) is 2. The first kappa shape index (κ1) is 18.9. The van der Waals surface area contributed by atoms with Gasteiger partial charge in [0.25, 0.3) is 0 Å². The lowest BCUT2D eigenvalue weighted by Gasteiger charge is -2.27. The minimum atomic E-state index is -2.82. The third kappa shape index (κ3) is 5.31. The van der Waals surface area contributed by atoms with Gasteiger partial charge in [-0.05, 0) is 67.8 Å². The number of hydrogen-bond acceptors (Lipinski definition) is 3. The van der Waals surface area contributed by atoms with Crippen molar-refractivity contribution in [2.24, 2.45) is 5.92 Å². The maximum Gasteiger partial charge on any atom is 0.387 e. The molecule has 0 spiro atoms. The van der Waals surface area contributed by atoms with Gasteiger partial charge >= 0.3 is 6.61 Å². The minimum Gasteiger partial charge on any atom is -0.435 e. The van der Waals surface area contributed by atoms with Crippen molar-refractivity contribution in [2.75, 3.05) is 13.1 Å². The van der Waals surface area contributed by atoms with Gasteiger partial charge in [0.05, 0.1) is 12.6 Å². The predicted octanol–water partition coefficient (Wildman–Crippen LogP) is 3.20. The van der Waals surface area contributed by atoms with Crippen molar-refractivity contribution in [3.63, 3.8) is 0 Å². The van der Waals surface area contributed by atoms with Crippen molar-refractivity contribution in [1.29, 1.82) is 0 Å². The molecule has 2 N–H and O–H groups in total. The lowest BCUT2D eigenvalue weighted by atomic mass is 9.87. The highest BCUT2D eigenvalue weighted by Gasteiger charge is 2.24. The molecule has 1 fully saturated rings. The van der Waals surface area contributed by atoms with Crippen molar-refractivity contribution < 1.29 is 18.3 Å². The number of benzene rings is 1. The van der Waals surface area contributed by atoms with Crippen LogP contribution in [0.5, 0.6) is 5.75 Å². The average Bonchev–Trinajstić information content (AvgIpc) is 3.31. The summed E-state index contributed by atoms with van der Waals surface area (Å²) >= 11 is 0. The van der Waals surface area contributed by atoms with Crippen LogP contribution in [0.25, 0.3) is 0 Å². The van der Waals surface area contributed by atoms with Crippen LogP contribution in [-0.2, 0) is 11.2 Å². The van der Waals surface area contributed by atoms with Gasteiger partial charge in [-0.25, -0.2) is 0 Å². The lowest BCUT2D eigenvalue weighted by molar-refractivity contribution is -0.121. The summed E-state index contributed by atoms with van der Waals surface area (Å²) in [4.78, 5) is 12.0. The monoisotopic (exact) mass is 360 g/mol. The zero-order valence-electron chi connectivity index (χ0n) is 13.4. The van der Waals surface area contributed by atoms with Gasteiger partial charge in [-0.2, -0.15) is 8.78 Å². The second-order valence-electron chi connectivity index (χ2n) is 6.33. The molecule has 0 bridgehead atoms. The number of carbonyl (C=O) groups excluding carboxylic acids is 1. The minimum absolute atomic E-state index is 0. The molecule has 24 heavy (non-hydrogen) atoms. The Labute approximate surface area is 146 Å². The Bertz CT molecular complexity index is 568. The van der Waals surface area contributed by atoms with Gasteiger partial charge in [-0.1, -0.05) is 6.07 Å². The average molecular weight is 361 g/mol. The van der Waals surface area contributed by atoms with E-state index in [0.717, 1.165) is 42.9 Å². The molecule has 0 aromatic heterocycles. The van der Waals surface area contributed by atoms with Gasteiger partial charge < -0.3 is 15.4 Å². The first-order chi connectivity index (χ1) is 11.1. The molecule has 7 heteroatoms. The van der Waals surface area contributed by atoms with Crippen LogP contribution >= 0.6 is 12.4 Å². The molecule has 0 aliphatic heterocycles. The normalized spacial score (nSPS) is 19.4. The van der Waals surface area contributed by atoms with Gasteiger partial charge in [-0.3, -0.25) is 4.79 Å². The zero-order valence-corrected chi connectivity index (χ0v) is 14.2. The standard InChI is InChI=1S/C17H22F2N2O2.ClH/c18-17(19)23-13-6-7-14-12(8-13)2-1-3-15(14)21-16(22)10-20-9-11-4-5-11;/h6-8,11,15,17,20H,1-5,9-10H2,(H,21,22);1H. The Balaban J connectivity index is 0.00000208. The van der Waals surface area contributed by atoms with Crippen LogP contribution in [0, 0.1) is 5.92 Å². The van der Waals surface area contributed by atoms with Crippen molar-refractivity contribution in [2.45, 2.75) is 44.8 Å². The van der Waals surface area contributed by atoms with Crippen LogP contribution in [0.4, 0.5) is 8.78 Å². The molecule has 1 amide bonds. The maximum absolute atomic E-state index is 12.3. The van der Waals surface area contributed by atoms with E-state index in [1.165, 1.54) is 12.8 Å². The molecule has 2 aliphatic carbocycles. The molecule has 0 radical (unpaired) electrons. The Morgan fingerprint density at radius 3 is 2.79 bits per heavy atom. The quantitative estimate of drug-likeness (QED) is 0.785. The number of nitrogens with one attached hydrogen (secondary N) is 2. The van der Waals surface area contributed by atoms with E-state index in [0.29, 0.717) is 6.54 Å². The first-order valence-electron chi connectivity index (χ1n) is 8.19. The van der Waals surface area contributed by atoms with Crippen LogP contribution in [0.1, 0.15) is 42.9 Å². The summed E-state index contributed by atoms with van der Waals surface area (Å²) in [6.07, 6.45) is 5.13. The molecule has 3 rings (SSSR count). The van der Waals surface area contributed by atoms with E-state index in [2.05, 4.69) is 15.4 Å². The molecule has 4 nitrogen and oxygen atoms in total. The molecule has 1 aromatic rings. The Morgan fingerprint density at radius 1 is 1.29 bits per heavy atom. The largest absolute Gasteiger partial charge is 0.435 e. The Hall–Kier alpha value is -1.40. The summed E-state index contributed by atoms with van der Waals surface area (Å²) in [7, 11) is 0. The highest BCUT2D eigenvalue weighted by molar-refractivity contribution is 5.85. The van der Waals surface area contributed by atoms with Crippen LogP contribution in [-0.4, -0.2) is 25.6 Å². The van der Waals surface area contributed by atoms with Crippen molar-refractivity contribution in [3.05, 3.63) is 29.3 Å². The lowest BCUT2D eigenvalue weighted by Crippen LogP contribution is -2.38. The van der Waals surface area contributed by atoms with Crippen LogP contribution < -0.4 is 15.4 Å². The molecule has 1 aromatic carbocycles. The van der Waals surface area contributed by atoms with Crippen molar-refractivity contribution >= 4 is 18.3 Å². The molecular weight excluding hydrogens is 338 g/mol. The number of aryl methyl sites for hydroxylation is 1. The van der Waals surface area contributed by atoms with E-state index in [1.807, 2.05) is 0 Å². The van der Waals surface area contributed by atoms with Crippen molar-refractivity contribution in [1.82, 2.24) is 10.6 Å². The van der Waals surface area contributed by atoms with Gasteiger partial charge in [0, 0.05) is 0 Å². The summed E-state index contributed by atoms with van der Waals surface area (Å²) in [5.41, 5.74) is 1.99. The van der Waals surface area contributed by atoms with Gasteiger partial charge in [0.15, 0.2) is 0 Å². The van der Waals surface area contributed by atoms with Gasteiger partial charge in [0.2, 0.25) is 5.91 Å². The molecular formula is C17H23ClF2N2O2. The second kappa shape index (κ2) is 8.62. The summed E-state index contributed by atoms with van der Waals surface area (Å²) in [5, 5.41) is 6.22. The molecule has 1 unspecified atom stereocenters. The van der Waals surface area contributed by atoms with Crippen molar-refractivity contribution in [3.8, 4) is 5.75 Å². The molecule has 1 saturated carbocycles. The summed E-state index contributed by atoms with van der Waals surface area (Å²) in [6, 6.07) is 4.94. The van der Waals surface area contributed by atoms with E-state index in [4.69, 9.17) is 0 Å². The third-order valence-electron chi connectivity index (χ3n) is 4.40. The Kier molecular flexibility index (Phi) is 6.80. The smallest absolute Gasteiger partial charge is 0.387 e. The van der Waals surface area contributed by atoms with Gasteiger partial charge in [-0.15, -0.1) is 12.4 Å². The van der Waals surface area contributed by atoms with Crippen LogP contribution in [0.3, 0.4) is 0 Å². The number of alkyl halides is 2. The van der Waals surface area contributed by atoms with Crippen LogP contribution in [0.2, 0.25) is 0 Å². The third-order valence-corrected chi connectivity index (χ3v) is 4.40. The fourth-order valence-electron chi connectivity index (χ4n) is 3.07. The summed E-state index contributed by atoms with van der Waals surface area (Å²) in [5.74, 6) is 0.902. The fourth-order valence-corrected chi connectivity index (χ4v) is 3.07. The van der Waals surface area contributed by atoms with E-state index in [-0.39, 0.29) is 30.1 Å². The summed E-state index contributed by atoms with van der Waals surface area (Å²) in [6.45, 7) is -1.58. The number of rotatable bonds is 7. The fraction of sp³-hybridized carbons (Fsp3) is 0.588. The number of halogens is 3. The first-order valence-corrected chi connectivity index (χ1v) is 8.19. The van der Waals surface area contributed by atoms with E-state index in [1.54, 1.807) is 18.2 Å². The van der Waals surface area contributed by atoms with E-state index < -0.39 is 6.61 Å². The predicted molar refractivity (Wildman–Crippen MR) is 89.7 cm³/mol. The molecule has 0 heterocycles. The topological polar surface area (TPSA) is 50.4 Å². The summed E-state index contributed by atoms with van der Waals surface area (Å²) < 4.78 is 29.0. The number of amides is 1. The van der Waals surface area contributed by atoms with Gasteiger partial charge in [0.1, 0.15) is 5.75 Å².